The van der Waals surface area contributed by atoms with Crippen molar-refractivity contribution in [1.82, 2.24) is 5.32 Å². The molecule has 0 aliphatic carbocycles. The van der Waals surface area contributed by atoms with E-state index in [1.165, 1.54) is 0 Å². The first-order valence-corrected chi connectivity index (χ1v) is 7.55. The highest BCUT2D eigenvalue weighted by atomic mass is 16.6. The summed E-state index contributed by atoms with van der Waals surface area (Å²) in [5, 5.41) is 14.3. The van der Waals surface area contributed by atoms with Crippen molar-refractivity contribution < 1.29 is 9.66 Å². The fraction of sp³-hybridized carbons (Fsp3) is 0.625. The van der Waals surface area contributed by atoms with Crippen LogP contribution < -0.4 is 10.1 Å². The second-order valence-electron chi connectivity index (χ2n) is 5.73. The topological polar surface area (TPSA) is 64.4 Å². The molecule has 1 unspecified atom stereocenters. The van der Waals surface area contributed by atoms with Gasteiger partial charge in [0.05, 0.1) is 11.5 Å². The largest absolute Gasteiger partial charge is 0.487 e. The molecule has 1 N–H and O–H groups in total. The molecule has 0 aromatic heterocycles. The molecule has 0 amide bonds. The minimum absolute atomic E-state index is 0.0390. The summed E-state index contributed by atoms with van der Waals surface area (Å²) in [6.45, 7) is 6.85. The molecule has 1 rings (SSSR count). The first-order chi connectivity index (χ1) is 9.97. The van der Waals surface area contributed by atoms with Crippen LogP contribution in [0.5, 0.6) is 5.75 Å². The molecule has 1 atom stereocenters. The highest BCUT2D eigenvalue weighted by Gasteiger charge is 2.17. The Morgan fingerprint density at radius 3 is 2.62 bits per heavy atom. The maximum absolute atomic E-state index is 11.0. The molecule has 5 nitrogen and oxygen atoms in total. The third-order valence-electron chi connectivity index (χ3n) is 3.33. The van der Waals surface area contributed by atoms with Gasteiger partial charge in [0.15, 0.2) is 5.75 Å². The smallest absolute Gasteiger partial charge is 0.310 e. The first-order valence-electron chi connectivity index (χ1n) is 7.55. The van der Waals surface area contributed by atoms with Crippen LogP contribution in [0.4, 0.5) is 5.69 Å². The van der Waals surface area contributed by atoms with Crippen molar-refractivity contribution >= 4 is 5.69 Å². The van der Waals surface area contributed by atoms with E-state index in [2.05, 4.69) is 19.2 Å². The molecular formula is C16H26N2O3. The molecule has 5 heteroatoms. The van der Waals surface area contributed by atoms with Crippen LogP contribution >= 0.6 is 0 Å². The molecule has 21 heavy (non-hydrogen) atoms. The average molecular weight is 294 g/mol. The second-order valence-corrected chi connectivity index (χ2v) is 5.73. The number of nitro groups is 1. The zero-order valence-electron chi connectivity index (χ0n) is 13.4. The number of hydrogen-bond donors (Lipinski definition) is 1. The van der Waals surface area contributed by atoms with E-state index in [0.717, 1.165) is 24.8 Å². The molecule has 0 spiro atoms. The van der Waals surface area contributed by atoms with Gasteiger partial charge in [-0.05, 0) is 43.9 Å². The second kappa shape index (κ2) is 8.62. The third kappa shape index (κ3) is 5.71. The van der Waals surface area contributed by atoms with Gasteiger partial charge in [-0.3, -0.25) is 10.1 Å². The molecule has 118 valence electrons. The van der Waals surface area contributed by atoms with E-state index >= 15 is 0 Å². The van der Waals surface area contributed by atoms with E-state index < -0.39 is 4.92 Å². The zero-order chi connectivity index (χ0) is 15.8. The number of nitro benzene ring substituents is 1. The molecule has 0 fully saturated rings. The van der Waals surface area contributed by atoms with E-state index in [1.54, 1.807) is 12.1 Å². The standard InChI is InChI=1S/C16H26N2O3/c1-5-8-21-16-11-13(6-7-15(16)18(19)20)10-14(17-4)9-12(2)3/h6-7,11-12,14,17H,5,8-10H2,1-4H3. The van der Waals surface area contributed by atoms with Gasteiger partial charge in [0, 0.05) is 12.1 Å². The summed E-state index contributed by atoms with van der Waals surface area (Å²) >= 11 is 0. The van der Waals surface area contributed by atoms with Gasteiger partial charge in [-0.1, -0.05) is 26.8 Å². The SMILES string of the molecule is CCCOc1cc(CC(CC(C)C)NC)ccc1[N+](=O)[O-]. The summed E-state index contributed by atoms with van der Waals surface area (Å²) in [6.07, 6.45) is 2.74. The fourth-order valence-electron chi connectivity index (χ4n) is 2.32. The lowest BCUT2D eigenvalue weighted by Gasteiger charge is -2.18. The van der Waals surface area contributed by atoms with Gasteiger partial charge >= 0.3 is 5.69 Å². The molecule has 0 saturated heterocycles. The molecule has 0 heterocycles. The van der Waals surface area contributed by atoms with Gasteiger partial charge in [-0.25, -0.2) is 0 Å². The van der Waals surface area contributed by atoms with Crippen molar-refractivity contribution in [2.75, 3.05) is 13.7 Å². The summed E-state index contributed by atoms with van der Waals surface area (Å²) in [4.78, 5) is 10.6. The number of rotatable bonds is 9. The Morgan fingerprint density at radius 2 is 2.10 bits per heavy atom. The maximum Gasteiger partial charge on any atom is 0.310 e. The first kappa shape index (κ1) is 17.4. The Labute approximate surface area is 126 Å². The van der Waals surface area contributed by atoms with E-state index in [1.807, 2.05) is 20.0 Å². The van der Waals surface area contributed by atoms with Gasteiger partial charge in [-0.2, -0.15) is 0 Å². The quantitative estimate of drug-likeness (QED) is 0.558. The molecule has 0 bridgehead atoms. The van der Waals surface area contributed by atoms with Crippen LogP contribution in [0.2, 0.25) is 0 Å². The van der Waals surface area contributed by atoms with Gasteiger partial charge in [-0.15, -0.1) is 0 Å². The van der Waals surface area contributed by atoms with Gasteiger partial charge in [0.1, 0.15) is 0 Å². The Bertz CT molecular complexity index is 461. The lowest BCUT2D eigenvalue weighted by atomic mass is 9.97. The van der Waals surface area contributed by atoms with Crippen LogP contribution in [0.3, 0.4) is 0 Å². The normalized spacial score (nSPS) is 12.4. The Balaban J connectivity index is 2.90. The highest BCUT2D eigenvalue weighted by molar-refractivity contribution is 5.48. The number of nitrogens with one attached hydrogen (secondary N) is 1. The van der Waals surface area contributed by atoms with E-state index in [4.69, 9.17) is 4.74 Å². The number of nitrogens with zero attached hydrogens (tertiary/aromatic N) is 1. The summed E-state index contributed by atoms with van der Waals surface area (Å²) in [6, 6.07) is 5.54. The lowest BCUT2D eigenvalue weighted by molar-refractivity contribution is -0.385. The number of ether oxygens (including phenoxy) is 1. The van der Waals surface area contributed by atoms with Crippen LogP contribution in [0, 0.1) is 16.0 Å². The van der Waals surface area contributed by atoms with Crippen molar-refractivity contribution in [3.8, 4) is 5.75 Å². The minimum atomic E-state index is -0.390. The monoisotopic (exact) mass is 294 g/mol. The van der Waals surface area contributed by atoms with Crippen molar-refractivity contribution in [3.63, 3.8) is 0 Å². The Morgan fingerprint density at radius 1 is 1.38 bits per heavy atom. The third-order valence-corrected chi connectivity index (χ3v) is 3.33. The van der Waals surface area contributed by atoms with E-state index in [9.17, 15) is 10.1 Å². The van der Waals surface area contributed by atoms with Gasteiger partial charge in [0.25, 0.3) is 0 Å². The lowest BCUT2D eigenvalue weighted by Crippen LogP contribution is -2.29. The van der Waals surface area contributed by atoms with Gasteiger partial charge in [0.2, 0.25) is 0 Å². The maximum atomic E-state index is 11.0. The number of benzene rings is 1. The molecule has 1 aromatic carbocycles. The minimum Gasteiger partial charge on any atom is -0.487 e. The summed E-state index contributed by atoms with van der Waals surface area (Å²) in [7, 11) is 1.95. The van der Waals surface area contributed by atoms with Crippen molar-refractivity contribution in [2.45, 2.75) is 46.1 Å². The van der Waals surface area contributed by atoms with Crippen LogP contribution in [0.25, 0.3) is 0 Å². The molecule has 1 aromatic rings. The van der Waals surface area contributed by atoms with Crippen LogP contribution in [0.1, 0.15) is 39.2 Å². The summed E-state index contributed by atoms with van der Waals surface area (Å²) in [5.41, 5.74) is 1.10. The van der Waals surface area contributed by atoms with Gasteiger partial charge < -0.3 is 10.1 Å². The predicted octanol–water partition coefficient (Wildman–Crippen LogP) is 3.56. The Hall–Kier alpha value is -1.62. The molecular weight excluding hydrogens is 268 g/mol. The van der Waals surface area contributed by atoms with Crippen molar-refractivity contribution in [3.05, 3.63) is 33.9 Å². The van der Waals surface area contributed by atoms with E-state index in [0.29, 0.717) is 24.3 Å². The van der Waals surface area contributed by atoms with Crippen LogP contribution in [-0.4, -0.2) is 24.6 Å². The highest BCUT2D eigenvalue weighted by Crippen LogP contribution is 2.29. The number of hydrogen-bond acceptors (Lipinski definition) is 4. The summed E-state index contributed by atoms with van der Waals surface area (Å²) in [5.74, 6) is 0.982. The average Bonchev–Trinajstić information content (AvgIpc) is 2.43. The van der Waals surface area contributed by atoms with Crippen LogP contribution in [0.15, 0.2) is 18.2 Å². The number of likely N-dealkylation sites (N-methyl/N-ethyl adjacent to an activating group) is 1. The molecule has 0 aliphatic rings. The van der Waals surface area contributed by atoms with Crippen molar-refractivity contribution in [2.24, 2.45) is 5.92 Å². The Kier molecular flexibility index (Phi) is 7.15. The fourth-order valence-corrected chi connectivity index (χ4v) is 2.32. The molecule has 0 aliphatic heterocycles. The predicted molar refractivity (Wildman–Crippen MR) is 84.9 cm³/mol. The molecule has 0 saturated carbocycles. The van der Waals surface area contributed by atoms with Crippen molar-refractivity contribution in [1.29, 1.82) is 0 Å². The zero-order valence-corrected chi connectivity index (χ0v) is 13.4. The van der Waals surface area contributed by atoms with Crippen LogP contribution in [-0.2, 0) is 6.42 Å². The summed E-state index contributed by atoms with van der Waals surface area (Å²) < 4.78 is 5.52. The van der Waals surface area contributed by atoms with E-state index in [-0.39, 0.29) is 5.69 Å². The molecule has 0 radical (unpaired) electrons.